The number of amides is 2. The normalized spacial score (nSPS) is 34.4. The van der Waals surface area contributed by atoms with E-state index in [1.165, 1.54) is 11.3 Å². The molecule has 2 bridgehead atoms. The number of hydrogen-bond acceptors (Lipinski definition) is 7. The second-order valence-corrected chi connectivity index (χ2v) is 11.1. The quantitative estimate of drug-likeness (QED) is 0.654. The lowest BCUT2D eigenvalue weighted by molar-refractivity contribution is -0.149. The van der Waals surface area contributed by atoms with Gasteiger partial charge in [0.25, 0.3) is 0 Å². The van der Waals surface area contributed by atoms with Crippen molar-refractivity contribution in [1.29, 1.82) is 0 Å². The Morgan fingerprint density at radius 1 is 1.16 bits per heavy atom. The smallest absolute Gasteiger partial charge is 0.323 e. The van der Waals surface area contributed by atoms with E-state index in [9.17, 15) is 24.3 Å². The van der Waals surface area contributed by atoms with Crippen molar-refractivity contribution < 1.29 is 24.2 Å². The first-order valence-corrected chi connectivity index (χ1v) is 12.2. The number of ether oxygens (including phenoxy) is 1. The third kappa shape index (κ3) is 2.62. The van der Waals surface area contributed by atoms with Gasteiger partial charge in [0, 0.05) is 16.0 Å². The largest absolute Gasteiger partial charge is 0.497 e. The lowest BCUT2D eigenvalue weighted by Crippen LogP contribution is -2.42. The van der Waals surface area contributed by atoms with E-state index in [0.717, 1.165) is 32.5 Å². The van der Waals surface area contributed by atoms with E-state index in [4.69, 9.17) is 4.74 Å². The number of nitrogens with zero attached hydrogens (tertiary/aromatic N) is 1. The number of carbonyl (C=O) groups excluding carboxylic acids is 2. The van der Waals surface area contributed by atoms with Gasteiger partial charge in [-0.1, -0.05) is 23.5 Å². The summed E-state index contributed by atoms with van der Waals surface area (Å²) in [6.45, 7) is -0.574. The SMILES string of the molecule is COc1ccc([C@@H]2c3sc(=O)[nH]c3S[C@@H]3[C@@H]4C[C@H]([C@H]5C(=O)N(CC(=O)O)C(=O)[C@H]45)[C@H]23)cc1. The van der Waals surface area contributed by atoms with Crippen molar-refractivity contribution in [2.24, 2.45) is 29.6 Å². The van der Waals surface area contributed by atoms with Crippen molar-refractivity contribution in [3.63, 3.8) is 0 Å². The summed E-state index contributed by atoms with van der Waals surface area (Å²) in [6, 6.07) is 7.81. The molecule has 2 N–H and O–H groups in total. The van der Waals surface area contributed by atoms with Crippen LogP contribution in [0.4, 0.5) is 0 Å². The van der Waals surface area contributed by atoms with Crippen molar-refractivity contribution >= 4 is 40.9 Å². The minimum atomic E-state index is -1.18. The summed E-state index contributed by atoms with van der Waals surface area (Å²) in [4.78, 5) is 54.4. The van der Waals surface area contributed by atoms with Crippen LogP contribution in [0, 0.1) is 29.6 Å². The predicted octanol–water partition coefficient (Wildman–Crippen LogP) is 2.00. The highest BCUT2D eigenvalue weighted by Gasteiger charge is 2.69. The number of carboxylic acid groups (broad SMARTS) is 1. The summed E-state index contributed by atoms with van der Waals surface area (Å²) < 4.78 is 5.30. The van der Waals surface area contributed by atoms with Gasteiger partial charge in [-0.15, -0.1) is 11.8 Å². The number of rotatable bonds is 4. The fraction of sp³-hybridized carbons (Fsp3) is 0.455. The molecule has 4 aliphatic rings. The average molecular weight is 473 g/mol. The number of likely N-dealkylation sites (tertiary alicyclic amines) is 1. The number of thioether (sulfide) groups is 1. The average Bonchev–Trinajstić information content (AvgIpc) is 3.49. The Balaban J connectivity index is 1.44. The van der Waals surface area contributed by atoms with Crippen LogP contribution in [0.25, 0.3) is 0 Å². The van der Waals surface area contributed by atoms with Crippen LogP contribution in [0.5, 0.6) is 5.75 Å². The molecule has 2 aliphatic carbocycles. The number of nitrogens with one attached hydrogen (secondary N) is 1. The third-order valence-corrected chi connectivity index (χ3v) is 10.2. The number of carbonyl (C=O) groups is 3. The van der Waals surface area contributed by atoms with Gasteiger partial charge in [-0.2, -0.15) is 0 Å². The van der Waals surface area contributed by atoms with Crippen LogP contribution in [0.1, 0.15) is 22.8 Å². The molecule has 1 aromatic carbocycles. The van der Waals surface area contributed by atoms with Crippen molar-refractivity contribution in [2.75, 3.05) is 13.7 Å². The maximum absolute atomic E-state index is 13.1. The van der Waals surface area contributed by atoms with Crippen molar-refractivity contribution in [3.05, 3.63) is 44.4 Å². The minimum absolute atomic E-state index is 0.00690. The maximum Gasteiger partial charge on any atom is 0.323 e. The van der Waals surface area contributed by atoms with Crippen molar-refractivity contribution in [1.82, 2.24) is 9.88 Å². The first-order chi connectivity index (χ1) is 15.4. The molecule has 6 rings (SSSR count). The molecule has 2 amide bonds. The lowest BCUT2D eigenvalue weighted by Gasteiger charge is -2.43. The number of fused-ring (bicyclic) bond motifs is 9. The first-order valence-electron chi connectivity index (χ1n) is 10.5. The molecule has 0 spiro atoms. The fourth-order valence-corrected chi connectivity index (χ4v) is 9.44. The molecule has 7 atom stereocenters. The van der Waals surface area contributed by atoms with Gasteiger partial charge in [0.2, 0.25) is 11.8 Å². The molecule has 166 valence electrons. The summed E-state index contributed by atoms with van der Waals surface area (Å²) in [5, 5.41) is 10.1. The van der Waals surface area contributed by atoms with Gasteiger partial charge in [-0.05, 0) is 41.9 Å². The van der Waals surface area contributed by atoms with Gasteiger partial charge in [0.05, 0.1) is 24.0 Å². The molecule has 0 radical (unpaired) electrons. The summed E-state index contributed by atoms with van der Waals surface area (Å²) in [6.07, 6.45) is 0.780. The Hall–Kier alpha value is -2.59. The van der Waals surface area contributed by atoms with Gasteiger partial charge in [0.15, 0.2) is 0 Å². The molecule has 3 heterocycles. The zero-order chi connectivity index (χ0) is 22.3. The summed E-state index contributed by atoms with van der Waals surface area (Å²) in [7, 11) is 1.61. The highest BCUT2D eigenvalue weighted by atomic mass is 32.2. The Morgan fingerprint density at radius 2 is 1.84 bits per heavy atom. The topological polar surface area (TPSA) is 117 Å². The van der Waals surface area contributed by atoms with Crippen LogP contribution in [0.2, 0.25) is 0 Å². The Bertz CT molecular complexity index is 1200. The molecule has 10 heteroatoms. The van der Waals surface area contributed by atoms with Crippen LogP contribution in [0.15, 0.2) is 34.1 Å². The molecule has 1 saturated heterocycles. The van der Waals surface area contributed by atoms with Crippen molar-refractivity contribution in [2.45, 2.75) is 22.6 Å². The van der Waals surface area contributed by atoms with Crippen LogP contribution < -0.4 is 9.61 Å². The molecular formula is C22H20N2O6S2. The van der Waals surface area contributed by atoms with Crippen LogP contribution >= 0.6 is 23.1 Å². The maximum atomic E-state index is 13.1. The summed E-state index contributed by atoms with van der Waals surface area (Å²) >= 11 is 2.83. The number of imide groups is 1. The number of benzene rings is 1. The molecule has 0 unspecified atom stereocenters. The van der Waals surface area contributed by atoms with E-state index in [1.54, 1.807) is 18.9 Å². The Labute approximate surface area is 191 Å². The van der Waals surface area contributed by atoms with E-state index in [0.29, 0.717) is 0 Å². The highest BCUT2D eigenvalue weighted by Crippen LogP contribution is 2.68. The van der Waals surface area contributed by atoms with Gasteiger partial charge < -0.3 is 14.8 Å². The second-order valence-electron chi connectivity index (χ2n) is 8.89. The number of methoxy groups -OCH3 is 1. The zero-order valence-electron chi connectivity index (χ0n) is 17.0. The van der Waals surface area contributed by atoms with Crippen LogP contribution in [-0.4, -0.2) is 51.7 Å². The van der Waals surface area contributed by atoms with E-state index in [1.807, 2.05) is 24.3 Å². The zero-order valence-corrected chi connectivity index (χ0v) is 18.7. The van der Waals surface area contributed by atoms with Gasteiger partial charge in [-0.25, -0.2) is 0 Å². The number of aromatic nitrogens is 1. The Morgan fingerprint density at radius 3 is 2.50 bits per heavy atom. The second kappa shape index (κ2) is 6.95. The third-order valence-electron chi connectivity index (χ3n) is 7.58. The molecule has 2 aromatic rings. The van der Waals surface area contributed by atoms with Crippen LogP contribution in [-0.2, 0) is 14.4 Å². The molecular weight excluding hydrogens is 452 g/mol. The molecule has 2 saturated carbocycles. The molecule has 8 nitrogen and oxygen atoms in total. The summed E-state index contributed by atoms with van der Waals surface area (Å²) in [5.74, 6) is -2.04. The Kier molecular flexibility index (Phi) is 4.36. The monoisotopic (exact) mass is 472 g/mol. The van der Waals surface area contributed by atoms with Crippen molar-refractivity contribution in [3.8, 4) is 5.75 Å². The molecule has 32 heavy (non-hydrogen) atoms. The van der Waals surface area contributed by atoms with Crippen LogP contribution in [0.3, 0.4) is 0 Å². The number of aromatic amines is 1. The standard InChI is InChI=1S/C22H20N2O6S2/c1-30-9-4-2-8(3-5-9)13-14-10-6-11(17(14)31-19-18(13)32-22(29)23-19)16-15(10)20(27)24(21(16)28)7-12(25)26/h2-5,10-11,13-17H,6-7H2,1H3,(H,23,29)(H,25,26)/t10-,11+,13-,14+,15+,16+,17+/m0/s1. The number of carboxylic acids is 1. The molecule has 1 aromatic heterocycles. The lowest BCUT2D eigenvalue weighted by atomic mass is 9.68. The predicted molar refractivity (Wildman–Crippen MR) is 116 cm³/mol. The fourth-order valence-electron chi connectivity index (χ4n) is 6.55. The first kappa shape index (κ1) is 20.0. The van der Waals surface area contributed by atoms with E-state index in [-0.39, 0.29) is 45.6 Å². The molecule has 3 fully saturated rings. The number of aliphatic carboxylic acids is 1. The van der Waals surface area contributed by atoms with Gasteiger partial charge in [-0.3, -0.25) is 24.1 Å². The van der Waals surface area contributed by atoms with Gasteiger partial charge >= 0.3 is 10.8 Å². The number of H-pyrrole nitrogens is 1. The highest BCUT2D eigenvalue weighted by molar-refractivity contribution is 8.00. The minimum Gasteiger partial charge on any atom is -0.497 e. The number of hydrogen-bond donors (Lipinski definition) is 2. The van der Waals surface area contributed by atoms with E-state index < -0.39 is 24.3 Å². The molecule has 2 aliphatic heterocycles. The summed E-state index contributed by atoms with van der Waals surface area (Å²) in [5.41, 5.74) is 1.06. The van der Waals surface area contributed by atoms with E-state index >= 15 is 0 Å². The van der Waals surface area contributed by atoms with E-state index in [2.05, 4.69) is 4.98 Å². The van der Waals surface area contributed by atoms with Gasteiger partial charge in [0.1, 0.15) is 12.3 Å². The number of thiazole rings is 1.